The predicted octanol–water partition coefficient (Wildman–Crippen LogP) is 1.78. The maximum absolute atomic E-state index is 12.4. The molecule has 3 rings (SSSR count). The van der Waals surface area contributed by atoms with Crippen molar-refractivity contribution < 1.29 is 9.59 Å². The number of thioether (sulfide) groups is 1. The van der Waals surface area contributed by atoms with E-state index in [2.05, 4.69) is 5.32 Å². The molecule has 4 nitrogen and oxygen atoms in total. The number of rotatable bonds is 2. The molecule has 0 aliphatic carbocycles. The van der Waals surface area contributed by atoms with E-state index in [4.69, 9.17) is 0 Å². The van der Waals surface area contributed by atoms with Crippen molar-refractivity contribution in [3.8, 4) is 0 Å². The highest BCUT2D eigenvalue weighted by molar-refractivity contribution is 7.99. The Morgan fingerprint density at radius 3 is 2.89 bits per heavy atom. The summed E-state index contributed by atoms with van der Waals surface area (Å²) in [5, 5.41) is 2.90. The van der Waals surface area contributed by atoms with Crippen LogP contribution in [0.1, 0.15) is 35.1 Å². The molecule has 100 valence electrons. The Kier molecular flexibility index (Phi) is 3.01. The van der Waals surface area contributed by atoms with Gasteiger partial charge in [-0.2, -0.15) is 0 Å². The van der Waals surface area contributed by atoms with E-state index in [0.717, 1.165) is 11.1 Å². The average molecular weight is 276 g/mol. The zero-order valence-electron chi connectivity index (χ0n) is 10.9. The fourth-order valence-corrected chi connectivity index (χ4v) is 4.09. The molecular formula is C14H16N2O2S. The van der Waals surface area contributed by atoms with Crippen molar-refractivity contribution in [3.05, 3.63) is 35.4 Å². The van der Waals surface area contributed by atoms with Gasteiger partial charge in [0.15, 0.2) is 0 Å². The Labute approximate surface area is 116 Å². The van der Waals surface area contributed by atoms with Crippen LogP contribution < -0.4 is 5.32 Å². The van der Waals surface area contributed by atoms with Gasteiger partial charge in [-0.1, -0.05) is 18.2 Å². The van der Waals surface area contributed by atoms with Crippen molar-refractivity contribution in [1.82, 2.24) is 10.2 Å². The second-order valence-electron chi connectivity index (χ2n) is 5.16. The van der Waals surface area contributed by atoms with Gasteiger partial charge in [0, 0.05) is 17.4 Å². The molecule has 2 aliphatic rings. The first-order valence-electron chi connectivity index (χ1n) is 6.43. The van der Waals surface area contributed by atoms with Crippen LogP contribution in [0.2, 0.25) is 0 Å². The summed E-state index contributed by atoms with van der Waals surface area (Å²) < 4.78 is 0. The third kappa shape index (κ3) is 1.92. The molecule has 0 unspecified atom stereocenters. The van der Waals surface area contributed by atoms with Gasteiger partial charge in [0.05, 0.1) is 0 Å². The summed E-state index contributed by atoms with van der Waals surface area (Å²) in [7, 11) is 0. The number of carbonyl (C=O) groups is 2. The molecule has 19 heavy (non-hydrogen) atoms. The topological polar surface area (TPSA) is 49.4 Å². The van der Waals surface area contributed by atoms with Crippen LogP contribution >= 0.6 is 11.8 Å². The van der Waals surface area contributed by atoms with Gasteiger partial charge in [0.2, 0.25) is 5.91 Å². The Balaban J connectivity index is 1.89. The van der Waals surface area contributed by atoms with Crippen LogP contribution in [-0.2, 0) is 4.79 Å². The van der Waals surface area contributed by atoms with Crippen LogP contribution in [0.15, 0.2) is 24.3 Å². The first kappa shape index (κ1) is 12.5. The summed E-state index contributed by atoms with van der Waals surface area (Å²) >= 11 is 1.67. The van der Waals surface area contributed by atoms with Gasteiger partial charge in [0.25, 0.3) is 5.91 Å². The van der Waals surface area contributed by atoms with Crippen LogP contribution in [0, 0.1) is 0 Å². The van der Waals surface area contributed by atoms with Crippen molar-refractivity contribution >= 4 is 23.6 Å². The Hall–Kier alpha value is -1.49. The minimum atomic E-state index is -0.350. The second-order valence-corrected chi connectivity index (χ2v) is 6.28. The monoisotopic (exact) mass is 276 g/mol. The lowest BCUT2D eigenvalue weighted by Gasteiger charge is -2.23. The summed E-state index contributed by atoms with van der Waals surface area (Å²) in [6, 6.07) is 7.38. The number of carbonyl (C=O) groups excluding carboxylic acids is 2. The molecule has 2 atom stereocenters. The van der Waals surface area contributed by atoms with E-state index in [1.807, 2.05) is 38.1 Å². The third-order valence-corrected chi connectivity index (χ3v) is 4.73. The molecule has 0 aromatic heterocycles. The van der Waals surface area contributed by atoms with E-state index in [1.54, 1.807) is 16.7 Å². The van der Waals surface area contributed by atoms with E-state index < -0.39 is 0 Å². The normalized spacial score (nSPS) is 24.6. The predicted molar refractivity (Wildman–Crippen MR) is 74.9 cm³/mol. The Bertz CT molecular complexity index is 544. The largest absolute Gasteiger partial charge is 0.352 e. The van der Waals surface area contributed by atoms with Crippen molar-refractivity contribution in [2.24, 2.45) is 0 Å². The van der Waals surface area contributed by atoms with Gasteiger partial charge in [-0.05, 0) is 25.5 Å². The molecule has 1 N–H and O–H groups in total. The van der Waals surface area contributed by atoms with Crippen LogP contribution in [0.4, 0.5) is 0 Å². The summed E-state index contributed by atoms with van der Waals surface area (Å²) in [6.07, 6.45) is 0. The molecule has 0 spiro atoms. The van der Waals surface area contributed by atoms with Gasteiger partial charge in [-0.15, -0.1) is 11.8 Å². The average Bonchev–Trinajstić information content (AvgIpc) is 2.91. The molecule has 2 amide bonds. The highest BCUT2D eigenvalue weighted by atomic mass is 32.2. The minimum Gasteiger partial charge on any atom is -0.352 e. The molecular weight excluding hydrogens is 260 g/mol. The molecule has 2 heterocycles. The fourth-order valence-electron chi connectivity index (χ4n) is 2.62. The molecule has 0 saturated carbocycles. The van der Waals surface area contributed by atoms with E-state index in [-0.39, 0.29) is 29.3 Å². The third-order valence-electron chi connectivity index (χ3n) is 3.43. The summed E-state index contributed by atoms with van der Waals surface area (Å²) in [5.41, 5.74) is 1.78. The highest BCUT2D eigenvalue weighted by Gasteiger charge is 2.48. The number of nitrogens with zero attached hydrogens (tertiary/aromatic N) is 1. The molecule has 1 aromatic carbocycles. The summed E-state index contributed by atoms with van der Waals surface area (Å²) in [4.78, 5) is 26.3. The fraction of sp³-hybridized carbons (Fsp3) is 0.429. The van der Waals surface area contributed by atoms with Crippen molar-refractivity contribution in [2.75, 3.05) is 5.75 Å². The SMILES string of the molecule is CC(C)NC(=O)[C@H]1CS[C@@H]2c3ccccc3C(=O)N12. The number of benzene rings is 1. The number of nitrogens with one attached hydrogen (secondary N) is 1. The van der Waals surface area contributed by atoms with E-state index in [0.29, 0.717) is 5.75 Å². The second kappa shape index (κ2) is 4.56. The summed E-state index contributed by atoms with van der Waals surface area (Å²) in [5.74, 6) is 0.601. The quantitative estimate of drug-likeness (QED) is 0.896. The van der Waals surface area contributed by atoms with Crippen molar-refractivity contribution in [3.63, 3.8) is 0 Å². The van der Waals surface area contributed by atoms with E-state index in [1.165, 1.54) is 0 Å². The number of hydrogen-bond acceptors (Lipinski definition) is 3. The molecule has 5 heteroatoms. The number of amides is 2. The minimum absolute atomic E-state index is 0.00612. The van der Waals surface area contributed by atoms with Crippen LogP contribution in [-0.4, -0.2) is 34.6 Å². The lowest BCUT2D eigenvalue weighted by Crippen LogP contribution is -2.47. The smallest absolute Gasteiger partial charge is 0.256 e. The molecule has 0 radical (unpaired) electrons. The molecule has 2 aliphatic heterocycles. The van der Waals surface area contributed by atoms with Crippen LogP contribution in [0.5, 0.6) is 0 Å². The van der Waals surface area contributed by atoms with E-state index >= 15 is 0 Å². The number of hydrogen-bond donors (Lipinski definition) is 1. The summed E-state index contributed by atoms with van der Waals surface area (Å²) in [6.45, 7) is 3.86. The first-order chi connectivity index (χ1) is 9.09. The maximum Gasteiger partial charge on any atom is 0.256 e. The van der Waals surface area contributed by atoms with Gasteiger partial charge in [0.1, 0.15) is 11.4 Å². The number of fused-ring (bicyclic) bond motifs is 3. The first-order valence-corrected chi connectivity index (χ1v) is 7.48. The zero-order chi connectivity index (χ0) is 13.6. The van der Waals surface area contributed by atoms with Gasteiger partial charge >= 0.3 is 0 Å². The maximum atomic E-state index is 12.4. The lowest BCUT2D eigenvalue weighted by molar-refractivity contribution is -0.125. The Morgan fingerprint density at radius 2 is 2.16 bits per heavy atom. The van der Waals surface area contributed by atoms with Crippen molar-refractivity contribution in [1.29, 1.82) is 0 Å². The van der Waals surface area contributed by atoms with Crippen LogP contribution in [0.3, 0.4) is 0 Å². The standard InChI is InChI=1S/C14H16N2O2S/c1-8(2)15-12(17)11-7-19-14-10-6-4-3-5-9(10)13(18)16(11)14/h3-6,8,11,14H,7H2,1-2H3,(H,15,17)/t11-,14-/m1/s1. The zero-order valence-corrected chi connectivity index (χ0v) is 11.7. The van der Waals surface area contributed by atoms with Crippen molar-refractivity contribution in [2.45, 2.75) is 31.3 Å². The molecule has 0 bridgehead atoms. The highest BCUT2D eigenvalue weighted by Crippen LogP contribution is 2.47. The van der Waals surface area contributed by atoms with Gasteiger partial charge in [-0.3, -0.25) is 9.59 Å². The molecule has 1 aromatic rings. The molecule has 1 saturated heterocycles. The lowest BCUT2D eigenvalue weighted by atomic mass is 10.1. The van der Waals surface area contributed by atoms with Crippen LogP contribution in [0.25, 0.3) is 0 Å². The molecule has 1 fully saturated rings. The van der Waals surface area contributed by atoms with Gasteiger partial charge in [-0.25, -0.2) is 0 Å². The van der Waals surface area contributed by atoms with E-state index in [9.17, 15) is 9.59 Å². The Morgan fingerprint density at radius 1 is 1.42 bits per heavy atom. The van der Waals surface area contributed by atoms with Gasteiger partial charge < -0.3 is 10.2 Å².